The summed E-state index contributed by atoms with van der Waals surface area (Å²) < 4.78 is 0. The number of hydrogen-bond acceptors (Lipinski definition) is 8. The molecule has 2 aliphatic heterocycles. The molecule has 35 heavy (non-hydrogen) atoms. The normalized spacial score (nSPS) is 29.6. The van der Waals surface area contributed by atoms with Crippen LogP contribution in [0.3, 0.4) is 0 Å². The number of imide groups is 1. The van der Waals surface area contributed by atoms with E-state index in [0.29, 0.717) is 18.6 Å². The molecule has 0 unspecified atom stereocenters. The minimum absolute atomic E-state index is 0.0966. The zero-order chi connectivity index (χ0) is 26.3. The quantitative estimate of drug-likeness (QED) is 0.257. The SMILES string of the molecule is CC(C)C[C@H]1NC(=O)[C@@H](CC(C)C)N[C@@H]2CSSC[C@H](NC2=O)C(=O)NC(=O)[C@@H](C(C)C)NC1=O. The fraction of sp³-hybridized carbons (Fsp3) is 0.783. The predicted octanol–water partition coefficient (Wildman–Crippen LogP) is 0.567. The fourth-order valence-corrected chi connectivity index (χ4v) is 6.24. The van der Waals surface area contributed by atoms with Gasteiger partial charge in [0.1, 0.15) is 18.1 Å². The lowest BCUT2D eigenvalue weighted by atomic mass is 9.98. The molecule has 0 radical (unpaired) electrons. The molecule has 2 rings (SSSR count). The standard InChI is InChI=1S/C23H39N5O5S2/c1-11(2)7-14-19(29)25-15(8-12(3)4)20(30)27-18(13(5)6)23(33)28-22(32)17-10-35-34-9-16(24-14)21(31)26-17/h11-18,24H,7-10H2,1-6H3,(H,25,29)(H,26,31)(H,27,30)(H,28,32,33)/t14-,15-,16-,17+,18-/m1/s1. The topological polar surface area (TPSA) is 146 Å². The molecular weight excluding hydrogens is 490 g/mol. The number of amides is 5. The molecule has 10 nitrogen and oxygen atoms in total. The van der Waals surface area contributed by atoms with Gasteiger partial charge in [-0.25, -0.2) is 0 Å². The van der Waals surface area contributed by atoms with Gasteiger partial charge in [0.05, 0.1) is 12.1 Å². The summed E-state index contributed by atoms with van der Waals surface area (Å²) in [5, 5.41) is 13.8. The van der Waals surface area contributed by atoms with Crippen molar-refractivity contribution in [1.29, 1.82) is 0 Å². The monoisotopic (exact) mass is 529 g/mol. The molecule has 12 heteroatoms. The van der Waals surface area contributed by atoms with Crippen LogP contribution in [-0.4, -0.2) is 71.3 Å². The average Bonchev–Trinajstić information content (AvgIpc) is 2.73. The van der Waals surface area contributed by atoms with E-state index in [0.717, 1.165) is 0 Å². The van der Waals surface area contributed by atoms with E-state index in [1.54, 1.807) is 13.8 Å². The Kier molecular flexibility index (Phi) is 11.4. The van der Waals surface area contributed by atoms with Gasteiger partial charge in [-0.3, -0.25) is 34.6 Å². The summed E-state index contributed by atoms with van der Waals surface area (Å²) in [4.78, 5) is 65.4. The number of nitrogens with one attached hydrogen (secondary N) is 5. The second-order valence-electron chi connectivity index (χ2n) is 10.3. The molecule has 0 aromatic heterocycles. The van der Waals surface area contributed by atoms with E-state index in [4.69, 9.17) is 0 Å². The summed E-state index contributed by atoms with van der Waals surface area (Å²) in [7, 11) is 2.84. The lowest BCUT2D eigenvalue weighted by Gasteiger charge is -2.29. The Labute approximate surface area is 215 Å². The van der Waals surface area contributed by atoms with Gasteiger partial charge >= 0.3 is 0 Å². The van der Waals surface area contributed by atoms with Gasteiger partial charge in [-0.05, 0) is 30.6 Å². The molecule has 2 aliphatic rings. The molecule has 2 fully saturated rings. The Hall–Kier alpha value is -1.79. The van der Waals surface area contributed by atoms with Crippen molar-refractivity contribution in [3.63, 3.8) is 0 Å². The Bertz CT molecular complexity index is 807. The molecule has 198 valence electrons. The molecule has 0 spiro atoms. The van der Waals surface area contributed by atoms with Crippen LogP contribution in [0.2, 0.25) is 0 Å². The van der Waals surface area contributed by atoms with Crippen LogP contribution in [0.4, 0.5) is 0 Å². The first-order valence-corrected chi connectivity index (χ1v) is 14.6. The maximum atomic E-state index is 13.4. The van der Waals surface area contributed by atoms with Crippen molar-refractivity contribution in [2.75, 3.05) is 11.5 Å². The minimum Gasteiger partial charge on any atom is -0.343 e. The third kappa shape index (κ3) is 8.98. The number of carbonyl (C=O) groups is 5. The Morgan fingerprint density at radius 3 is 1.77 bits per heavy atom. The lowest BCUT2D eigenvalue weighted by molar-refractivity contribution is -0.137. The van der Waals surface area contributed by atoms with Gasteiger partial charge in [0.15, 0.2) is 0 Å². The van der Waals surface area contributed by atoms with E-state index in [-0.39, 0.29) is 29.4 Å². The third-order valence-electron chi connectivity index (χ3n) is 5.76. The molecule has 2 bridgehead atoms. The van der Waals surface area contributed by atoms with Gasteiger partial charge in [-0.2, -0.15) is 0 Å². The van der Waals surface area contributed by atoms with Crippen LogP contribution < -0.4 is 26.6 Å². The largest absolute Gasteiger partial charge is 0.343 e. The van der Waals surface area contributed by atoms with Gasteiger partial charge in [-0.15, -0.1) is 0 Å². The number of carbonyl (C=O) groups excluding carboxylic acids is 5. The van der Waals surface area contributed by atoms with E-state index in [1.165, 1.54) is 21.6 Å². The van der Waals surface area contributed by atoms with E-state index in [9.17, 15) is 24.0 Å². The molecule has 2 saturated heterocycles. The molecule has 0 aromatic carbocycles. The van der Waals surface area contributed by atoms with Crippen LogP contribution in [0.1, 0.15) is 54.4 Å². The smallest absolute Gasteiger partial charge is 0.250 e. The van der Waals surface area contributed by atoms with Crippen molar-refractivity contribution in [1.82, 2.24) is 26.6 Å². The van der Waals surface area contributed by atoms with Crippen LogP contribution in [0.15, 0.2) is 0 Å². The average molecular weight is 530 g/mol. The zero-order valence-corrected chi connectivity index (χ0v) is 22.9. The van der Waals surface area contributed by atoms with Crippen molar-refractivity contribution in [2.45, 2.75) is 84.6 Å². The summed E-state index contributed by atoms with van der Waals surface area (Å²) in [6.45, 7) is 11.4. The highest BCUT2D eigenvalue weighted by atomic mass is 33.1. The highest BCUT2D eigenvalue weighted by molar-refractivity contribution is 8.76. The number of hydrogen-bond donors (Lipinski definition) is 5. The van der Waals surface area contributed by atoms with Gasteiger partial charge in [0.25, 0.3) is 0 Å². The molecule has 0 saturated carbocycles. The molecule has 0 aliphatic carbocycles. The van der Waals surface area contributed by atoms with Crippen LogP contribution in [0, 0.1) is 17.8 Å². The summed E-state index contributed by atoms with van der Waals surface area (Å²) in [6.07, 6.45) is 0.830. The highest BCUT2D eigenvalue weighted by Crippen LogP contribution is 2.25. The predicted molar refractivity (Wildman–Crippen MR) is 138 cm³/mol. The first-order valence-electron chi connectivity index (χ1n) is 12.1. The van der Waals surface area contributed by atoms with Crippen molar-refractivity contribution in [2.24, 2.45) is 17.8 Å². The number of fused-ring (bicyclic) bond motifs is 3. The minimum atomic E-state index is -0.980. The van der Waals surface area contributed by atoms with Gasteiger partial charge in [-0.1, -0.05) is 63.1 Å². The summed E-state index contributed by atoms with van der Waals surface area (Å²) in [5.74, 6) is -1.92. The van der Waals surface area contributed by atoms with Crippen molar-refractivity contribution >= 4 is 51.1 Å². The van der Waals surface area contributed by atoms with Gasteiger partial charge in [0.2, 0.25) is 29.5 Å². The second-order valence-corrected chi connectivity index (χ2v) is 12.9. The maximum Gasteiger partial charge on any atom is 0.250 e. The maximum absolute atomic E-state index is 13.4. The molecule has 5 amide bonds. The van der Waals surface area contributed by atoms with E-state index in [1.807, 2.05) is 27.7 Å². The Balaban J connectivity index is 2.47. The van der Waals surface area contributed by atoms with Crippen LogP contribution in [-0.2, 0) is 24.0 Å². The lowest BCUT2D eigenvalue weighted by Crippen LogP contribution is -2.60. The van der Waals surface area contributed by atoms with E-state index < -0.39 is 53.8 Å². The van der Waals surface area contributed by atoms with Crippen molar-refractivity contribution in [3.8, 4) is 0 Å². The van der Waals surface area contributed by atoms with Gasteiger partial charge < -0.3 is 16.0 Å². The molecule has 0 aromatic rings. The number of rotatable bonds is 5. The Morgan fingerprint density at radius 2 is 1.20 bits per heavy atom. The van der Waals surface area contributed by atoms with Crippen molar-refractivity contribution in [3.05, 3.63) is 0 Å². The highest BCUT2D eigenvalue weighted by Gasteiger charge is 2.36. The third-order valence-corrected chi connectivity index (χ3v) is 8.18. The second kappa shape index (κ2) is 13.5. The summed E-state index contributed by atoms with van der Waals surface area (Å²) >= 11 is 0. The first-order chi connectivity index (χ1) is 16.4. The summed E-state index contributed by atoms with van der Waals surface area (Å²) in [5.41, 5.74) is 0. The van der Waals surface area contributed by atoms with Crippen LogP contribution in [0.5, 0.6) is 0 Å². The molecule has 5 N–H and O–H groups in total. The van der Waals surface area contributed by atoms with E-state index in [2.05, 4.69) is 26.6 Å². The van der Waals surface area contributed by atoms with Crippen LogP contribution >= 0.6 is 21.6 Å². The Morgan fingerprint density at radius 1 is 0.657 bits per heavy atom. The van der Waals surface area contributed by atoms with Gasteiger partial charge in [0, 0.05) is 11.5 Å². The van der Waals surface area contributed by atoms with Crippen molar-refractivity contribution < 1.29 is 24.0 Å². The fourth-order valence-electron chi connectivity index (χ4n) is 3.90. The molecule has 5 atom stereocenters. The van der Waals surface area contributed by atoms with Crippen LogP contribution in [0.25, 0.3) is 0 Å². The first kappa shape index (κ1) is 29.4. The summed E-state index contributed by atoms with van der Waals surface area (Å²) in [6, 6.07) is -4.20. The van der Waals surface area contributed by atoms with E-state index >= 15 is 0 Å². The zero-order valence-electron chi connectivity index (χ0n) is 21.3. The molecular formula is C23H39N5O5S2. The molecule has 2 heterocycles.